The Morgan fingerprint density at radius 1 is 1.43 bits per heavy atom. The summed E-state index contributed by atoms with van der Waals surface area (Å²) >= 11 is 0. The maximum absolute atomic E-state index is 11.7. The van der Waals surface area contributed by atoms with Gasteiger partial charge in [-0.25, -0.2) is 8.42 Å². The maximum atomic E-state index is 11.7. The Morgan fingerprint density at radius 3 is 2.81 bits per heavy atom. The summed E-state index contributed by atoms with van der Waals surface area (Å²) in [4.78, 5) is 11.7. The zero-order valence-corrected chi connectivity index (χ0v) is 12.9. The molecule has 1 heterocycles. The predicted octanol–water partition coefficient (Wildman–Crippen LogP) is 1.01. The van der Waals surface area contributed by atoms with Crippen molar-refractivity contribution in [3.63, 3.8) is 0 Å². The topological polar surface area (TPSA) is 101 Å². The van der Waals surface area contributed by atoms with Gasteiger partial charge in [0.05, 0.1) is 22.9 Å². The van der Waals surface area contributed by atoms with Crippen LogP contribution in [0.4, 0.5) is 11.4 Å². The lowest BCUT2D eigenvalue weighted by Crippen LogP contribution is -2.35. The van der Waals surface area contributed by atoms with Gasteiger partial charge in [-0.3, -0.25) is 4.79 Å². The van der Waals surface area contributed by atoms with E-state index in [2.05, 4.69) is 10.6 Å². The van der Waals surface area contributed by atoms with Crippen molar-refractivity contribution in [2.45, 2.75) is 25.8 Å². The molecule has 1 aliphatic heterocycles. The number of hydrogen-bond donors (Lipinski definition) is 3. The summed E-state index contributed by atoms with van der Waals surface area (Å²) in [6, 6.07) is 4.88. The third-order valence-corrected chi connectivity index (χ3v) is 5.29. The minimum atomic E-state index is -2.96. The third kappa shape index (κ3) is 4.10. The van der Waals surface area contributed by atoms with Gasteiger partial charge in [0.2, 0.25) is 0 Å². The van der Waals surface area contributed by atoms with Gasteiger partial charge in [-0.15, -0.1) is 0 Å². The van der Waals surface area contributed by atoms with Gasteiger partial charge < -0.3 is 16.4 Å². The first-order valence-corrected chi connectivity index (χ1v) is 8.88. The van der Waals surface area contributed by atoms with Crippen molar-refractivity contribution in [2.24, 2.45) is 0 Å². The highest BCUT2D eigenvalue weighted by Gasteiger charge is 2.25. The molecule has 0 aliphatic carbocycles. The average Bonchev–Trinajstić information content (AvgIpc) is 2.40. The van der Waals surface area contributed by atoms with E-state index in [1.165, 1.54) is 0 Å². The Bertz CT molecular complexity index is 628. The first kappa shape index (κ1) is 15.6. The Labute approximate surface area is 125 Å². The Morgan fingerprint density at radius 2 is 2.19 bits per heavy atom. The first-order chi connectivity index (χ1) is 9.91. The molecule has 0 saturated carbocycles. The van der Waals surface area contributed by atoms with Crippen LogP contribution < -0.4 is 16.4 Å². The predicted molar refractivity (Wildman–Crippen MR) is 84.2 cm³/mol. The molecule has 116 valence electrons. The molecule has 1 aromatic carbocycles. The highest BCUT2D eigenvalue weighted by Crippen LogP contribution is 2.23. The normalized spacial score (nSPS) is 20.7. The highest BCUT2D eigenvalue weighted by atomic mass is 32.2. The molecule has 0 radical (unpaired) electrons. The summed E-state index contributed by atoms with van der Waals surface area (Å²) in [5.74, 6) is 0.220. The zero-order chi connectivity index (χ0) is 15.5. The van der Waals surface area contributed by atoms with E-state index in [1.54, 1.807) is 18.2 Å². The molecule has 0 bridgehead atoms. The van der Waals surface area contributed by atoms with Crippen molar-refractivity contribution in [1.82, 2.24) is 5.32 Å². The summed E-state index contributed by atoms with van der Waals surface area (Å²) in [6.07, 6.45) is 1.47. The molecule has 1 unspecified atom stereocenters. The molecule has 6 nitrogen and oxygen atoms in total. The number of carbonyl (C=O) groups excluding carboxylic acids is 1. The first-order valence-electron chi connectivity index (χ1n) is 7.06. The van der Waals surface area contributed by atoms with Crippen molar-refractivity contribution >= 4 is 27.1 Å². The van der Waals surface area contributed by atoms with Gasteiger partial charge in [0.15, 0.2) is 9.84 Å². The van der Waals surface area contributed by atoms with E-state index in [4.69, 9.17) is 5.73 Å². The molecular formula is C14H21N3O3S. The summed E-state index contributed by atoms with van der Waals surface area (Å²) < 4.78 is 23.3. The van der Waals surface area contributed by atoms with Crippen molar-refractivity contribution in [3.8, 4) is 0 Å². The lowest BCUT2D eigenvalue weighted by Gasteiger charge is -2.24. The Balaban J connectivity index is 2.09. The van der Waals surface area contributed by atoms with Crippen LogP contribution in [0.5, 0.6) is 0 Å². The number of nitrogens with two attached hydrogens (primary N) is 1. The lowest BCUT2D eigenvalue weighted by atomic mass is 10.1. The number of nitrogens with one attached hydrogen (secondary N) is 2. The van der Waals surface area contributed by atoms with Gasteiger partial charge in [0, 0.05) is 18.2 Å². The molecule has 21 heavy (non-hydrogen) atoms. The molecule has 1 atom stereocenters. The molecule has 4 N–H and O–H groups in total. The van der Waals surface area contributed by atoms with E-state index >= 15 is 0 Å². The van der Waals surface area contributed by atoms with Crippen molar-refractivity contribution in [2.75, 3.05) is 29.1 Å². The van der Waals surface area contributed by atoms with Crippen LogP contribution in [0.2, 0.25) is 0 Å². The minimum absolute atomic E-state index is 0.124. The quantitative estimate of drug-likeness (QED) is 0.720. The van der Waals surface area contributed by atoms with E-state index in [-0.39, 0.29) is 23.5 Å². The van der Waals surface area contributed by atoms with Crippen LogP contribution in [0, 0.1) is 0 Å². The molecule has 0 aromatic heterocycles. The Hall–Kier alpha value is -1.76. The van der Waals surface area contributed by atoms with Crippen LogP contribution in [0.1, 0.15) is 30.1 Å². The van der Waals surface area contributed by atoms with E-state index in [0.29, 0.717) is 29.9 Å². The lowest BCUT2D eigenvalue weighted by molar-refractivity contribution is 0.0956. The highest BCUT2D eigenvalue weighted by molar-refractivity contribution is 7.91. The number of amides is 1. The summed E-state index contributed by atoms with van der Waals surface area (Å²) in [7, 11) is -2.96. The van der Waals surface area contributed by atoms with Crippen molar-refractivity contribution in [3.05, 3.63) is 23.8 Å². The number of carbonyl (C=O) groups is 1. The minimum Gasteiger partial charge on any atom is -0.397 e. The van der Waals surface area contributed by atoms with Gasteiger partial charge in [-0.1, -0.05) is 0 Å². The van der Waals surface area contributed by atoms with Crippen molar-refractivity contribution in [1.29, 1.82) is 0 Å². The molecule has 0 spiro atoms. The fraction of sp³-hybridized carbons (Fsp3) is 0.500. The van der Waals surface area contributed by atoms with Crippen molar-refractivity contribution < 1.29 is 13.2 Å². The fourth-order valence-corrected chi connectivity index (χ4v) is 4.09. The van der Waals surface area contributed by atoms with E-state index < -0.39 is 9.84 Å². The monoisotopic (exact) mass is 311 g/mol. The van der Waals surface area contributed by atoms with Crippen LogP contribution in [-0.4, -0.2) is 38.4 Å². The maximum Gasteiger partial charge on any atom is 0.251 e. The number of sulfone groups is 1. The van der Waals surface area contributed by atoms with Gasteiger partial charge in [0.1, 0.15) is 0 Å². The summed E-state index contributed by atoms with van der Waals surface area (Å²) in [5.41, 5.74) is 7.56. The third-order valence-electron chi connectivity index (χ3n) is 3.47. The molecular weight excluding hydrogens is 290 g/mol. The molecule has 7 heteroatoms. The van der Waals surface area contributed by atoms with Crippen LogP contribution in [0.3, 0.4) is 0 Å². The SMILES string of the molecule is CCNC(=O)c1ccc(NC2CCCS(=O)(=O)C2)c(N)c1. The number of anilines is 2. The van der Waals surface area contributed by atoms with Crippen LogP contribution in [0.25, 0.3) is 0 Å². The van der Waals surface area contributed by atoms with E-state index in [0.717, 1.165) is 6.42 Å². The van der Waals surface area contributed by atoms with Gasteiger partial charge in [-0.05, 0) is 38.0 Å². The van der Waals surface area contributed by atoms with E-state index in [9.17, 15) is 13.2 Å². The van der Waals surface area contributed by atoms with Crippen LogP contribution >= 0.6 is 0 Å². The smallest absolute Gasteiger partial charge is 0.251 e. The van der Waals surface area contributed by atoms with Gasteiger partial charge >= 0.3 is 0 Å². The number of rotatable bonds is 4. The van der Waals surface area contributed by atoms with Gasteiger partial charge in [-0.2, -0.15) is 0 Å². The molecule has 1 saturated heterocycles. The van der Waals surface area contributed by atoms with Gasteiger partial charge in [0.25, 0.3) is 5.91 Å². The second-order valence-corrected chi connectivity index (χ2v) is 7.49. The number of nitrogen functional groups attached to an aromatic ring is 1. The zero-order valence-electron chi connectivity index (χ0n) is 12.1. The average molecular weight is 311 g/mol. The molecule has 1 amide bonds. The summed E-state index contributed by atoms with van der Waals surface area (Å²) in [5, 5.41) is 5.87. The summed E-state index contributed by atoms with van der Waals surface area (Å²) in [6.45, 7) is 2.40. The van der Waals surface area contributed by atoms with Crippen LogP contribution in [0.15, 0.2) is 18.2 Å². The van der Waals surface area contributed by atoms with Crippen LogP contribution in [-0.2, 0) is 9.84 Å². The Kier molecular flexibility index (Phi) is 4.72. The molecule has 1 fully saturated rings. The molecule has 1 aromatic rings. The largest absolute Gasteiger partial charge is 0.397 e. The number of benzene rings is 1. The standard InChI is InChI=1S/C14H21N3O3S/c1-2-16-14(18)10-5-6-13(12(15)8-10)17-11-4-3-7-21(19,20)9-11/h5-6,8,11,17H,2-4,7,9,15H2,1H3,(H,16,18). The molecule has 2 rings (SSSR count). The van der Waals surface area contributed by atoms with E-state index in [1.807, 2.05) is 6.92 Å². The number of hydrogen-bond acceptors (Lipinski definition) is 5. The second kappa shape index (κ2) is 6.34. The fourth-order valence-electron chi connectivity index (χ4n) is 2.45. The second-order valence-electron chi connectivity index (χ2n) is 5.26. The molecule has 1 aliphatic rings.